The third kappa shape index (κ3) is 3.74. The van der Waals surface area contributed by atoms with Gasteiger partial charge in [0.15, 0.2) is 0 Å². The fourth-order valence-electron chi connectivity index (χ4n) is 3.08. The Morgan fingerprint density at radius 3 is 2.62 bits per heavy atom. The molecule has 1 aliphatic carbocycles. The Kier molecular flexibility index (Phi) is 4.76. The van der Waals surface area contributed by atoms with Gasteiger partial charge >= 0.3 is 0 Å². The van der Waals surface area contributed by atoms with Crippen LogP contribution in [0.5, 0.6) is 0 Å². The molecule has 2 N–H and O–H groups in total. The summed E-state index contributed by atoms with van der Waals surface area (Å²) >= 11 is 3.51. The second kappa shape index (κ2) is 6.75. The molecule has 0 aliphatic heterocycles. The summed E-state index contributed by atoms with van der Waals surface area (Å²) in [7, 11) is 0. The highest BCUT2D eigenvalue weighted by atomic mass is 79.9. The second-order valence-corrected chi connectivity index (χ2v) is 6.93. The van der Waals surface area contributed by atoms with Crippen molar-refractivity contribution in [2.24, 2.45) is 11.8 Å². The van der Waals surface area contributed by atoms with Crippen LogP contribution >= 0.6 is 15.9 Å². The number of nitrogens with zero attached hydrogens (tertiary/aromatic N) is 1. The number of benzene rings is 1. The van der Waals surface area contributed by atoms with E-state index in [0.29, 0.717) is 18.4 Å². The molecule has 1 heterocycles. The van der Waals surface area contributed by atoms with Crippen LogP contribution in [0.2, 0.25) is 0 Å². The van der Waals surface area contributed by atoms with E-state index in [1.165, 1.54) is 18.2 Å². The summed E-state index contributed by atoms with van der Waals surface area (Å²) in [5.41, 5.74) is 0. The smallest absolute Gasteiger partial charge is 0.126 e. The number of hydrogen-bond donors (Lipinski definition) is 2. The van der Waals surface area contributed by atoms with E-state index in [0.717, 1.165) is 35.1 Å². The summed E-state index contributed by atoms with van der Waals surface area (Å²) < 4.78 is 1.09. The highest BCUT2D eigenvalue weighted by Gasteiger charge is 2.20. The zero-order valence-corrected chi connectivity index (χ0v) is 13.6. The molecule has 0 amide bonds. The van der Waals surface area contributed by atoms with Gasteiger partial charge in [-0.15, -0.1) is 0 Å². The summed E-state index contributed by atoms with van der Waals surface area (Å²) in [4.78, 5) is 4.49. The average molecular weight is 349 g/mol. The minimum atomic E-state index is 0.348. The van der Waals surface area contributed by atoms with Crippen molar-refractivity contribution in [2.75, 3.05) is 18.5 Å². The molecule has 0 spiro atoms. The Hall–Kier alpha value is -1.13. The number of fused-ring (bicyclic) bond motifs is 1. The molecule has 0 unspecified atom stereocenters. The van der Waals surface area contributed by atoms with Gasteiger partial charge in [0.2, 0.25) is 0 Å². The average Bonchev–Trinajstić information content (AvgIpc) is 2.53. The molecule has 3 rings (SSSR count). The number of nitrogens with one attached hydrogen (secondary N) is 1. The molecule has 1 aromatic carbocycles. The van der Waals surface area contributed by atoms with E-state index >= 15 is 0 Å². The SMILES string of the molecule is OCC1CCC(CNc2cc3cc(Br)ccc3cn2)CC1. The number of aromatic nitrogens is 1. The van der Waals surface area contributed by atoms with E-state index in [2.05, 4.69) is 44.4 Å². The first-order valence-corrected chi connectivity index (χ1v) is 8.44. The standard InChI is InChI=1S/C17H21BrN2O/c18-16-6-5-14-10-20-17(8-15(14)7-16)19-9-12-1-3-13(11-21)4-2-12/h5-8,10,12-13,21H,1-4,9,11H2,(H,19,20). The van der Waals surface area contributed by atoms with E-state index < -0.39 is 0 Å². The third-order valence-electron chi connectivity index (χ3n) is 4.48. The minimum absolute atomic E-state index is 0.348. The molecule has 0 bridgehead atoms. The van der Waals surface area contributed by atoms with Crippen LogP contribution in [0.25, 0.3) is 10.8 Å². The predicted molar refractivity (Wildman–Crippen MR) is 90.5 cm³/mol. The summed E-state index contributed by atoms with van der Waals surface area (Å²) in [5, 5.41) is 15.0. The molecule has 1 aliphatic rings. The molecule has 4 heteroatoms. The van der Waals surface area contributed by atoms with Gasteiger partial charge in [-0.25, -0.2) is 4.98 Å². The van der Waals surface area contributed by atoms with Crippen molar-refractivity contribution in [1.29, 1.82) is 0 Å². The summed E-state index contributed by atoms with van der Waals surface area (Å²) in [6.45, 7) is 1.33. The zero-order chi connectivity index (χ0) is 14.7. The monoisotopic (exact) mass is 348 g/mol. The maximum Gasteiger partial charge on any atom is 0.126 e. The maximum atomic E-state index is 9.18. The van der Waals surface area contributed by atoms with Gasteiger partial charge in [-0.1, -0.05) is 22.0 Å². The normalized spacial score (nSPS) is 22.4. The number of aliphatic hydroxyl groups excluding tert-OH is 1. The van der Waals surface area contributed by atoms with E-state index in [9.17, 15) is 5.11 Å². The lowest BCUT2D eigenvalue weighted by molar-refractivity contribution is 0.170. The minimum Gasteiger partial charge on any atom is -0.396 e. The molecule has 0 atom stereocenters. The third-order valence-corrected chi connectivity index (χ3v) is 4.97. The zero-order valence-electron chi connectivity index (χ0n) is 12.1. The number of aliphatic hydroxyl groups is 1. The molecule has 21 heavy (non-hydrogen) atoms. The fourth-order valence-corrected chi connectivity index (χ4v) is 3.45. The van der Waals surface area contributed by atoms with E-state index in [-0.39, 0.29) is 0 Å². The van der Waals surface area contributed by atoms with Crippen molar-refractivity contribution in [3.8, 4) is 0 Å². The Morgan fingerprint density at radius 2 is 1.86 bits per heavy atom. The predicted octanol–water partition coefficient (Wildman–Crippen LogP) is 4.21. The topological polar surface area (TPSA) is 45.1 Å². The van der Waals surface area contributed by atoms with Gasteiger partial charge in [0.05, 0.1) is 0 Å². The van der Waals surface area contributed by atoms with Crippen molar-refractivity contribution in [3.05, 3.63) is 34.9 Å². The molecule has 1 fully saturated rings. The van der Waals surface area contributed by atoms with Crippen LogP contribution in [-0.4, -0.2) is 23.2 Å². The van der Waals surface area contributed by atoms with Crippen molar-refractivity contribution < 1.29 is 5.11 Å². The second-order valence-electron chi connectivity index (χ2n) is 6.01. The number of anilines is 1. The summed E-state index contributed by atoms with van der Waals surface area (Å²) in [5.74, 6) is 2.18. The van der Waals surface area contributed by atoms with Crippen molar-refractivity contribution in [2.45, 2.75) is 25.7 Å². The number of pyridine rings is 1. The van der Waals surface area contributed by atoms with Crippen molar-refractivity contribution in [3.63, 3.8) is 0 Å². The maximum absolute atomic E-state index is 9.18. The first kappa shape index (κ1) is 14.8. The molecule has 112 valence electrons. The first-order chi connectivity index (χ1) is 10.2. The van der Waals surface area contributed by atoms with Gasteiger partial charge in [-0.3, -0.25) is 0 Å². The van der Waals surface area contributed by atoms with E-state index in [4.69, 9.17) is 0 Å². The highest BCUT2D eigenvalue weighted by Crippen LogP contribution is 2.28. The largest absolute Gasteiger partial charge is 0.396 e. The van der Waals surface area contributed by atoms with E-state index in [1.807, 2.05) is 12.3 Å². The molecule has 0 saturated heterocycles. The van der Waals surface area contributed by atoms with Crippen LogP contribution in [0.3, 0.4) is 0 Å². The molecule has 1 aromatic heterocycles. The summed E-state index contributed by atoms with van der Waals surface area (Å²) in [6, 6.07) is 8.34. The Labute approximate surface area is 133 Å². The quantitative estimate of drug-likeness (QED) is 0.869. The van der Waals surface area contributed by atoms with Crippen LogP contribution < -0.4 is 5.32 Å². The molecular formula is C17H21BrN2O. The lowest BCUT2D eigenvalue weighted by Gasteiger charge is -2.27. The van der Waals surface area contributed by atoms with Gasteiger partial charge < -0.3 is 10.4 Å². The van der Waals surface area contributed by atoms with Crippen LogP contribution in [0.4, 0.5) is 5.82 Å². The molecule has 2 aromatic rings. The molecule has 0 radical (unpaired) electrons. The Bertz CT molecular complexity index is 609. The Balaban J connectivity index is 1.60. The number of hydrogen-bond acceptors (Lipinski definition) is 3. The Morgan fingerprint density at radius 1 is 1.10 bits per heavy atom. The summed E-state index contributed by atoms with van der Waals surface area (Å²) in [6.07, 6.45) is 6.64. The van der Waals surface area contributed by atoms with Crippen molar-refractivity contribution >= 4 is 32.5 Å². The van der Waals surface area contributed by atoms with Crippen molar-refractivity contribution in [1.82, 2.24) is 4.98 Å². The fraction of sp³-hybridized carbons (Fsp3) is 0.471. The van der Waals surface area contributed by atoms with Crippen LogP contribution in [-0.2, 0) is 0 Å². The van der Waals surface area contributed by atoms with E-state index in [1.54, 1.807) is 0 Å². The van der Waals surface area contributed by atoms with Gasteiger partial charge in [0, 0.05) is 29.2 Å². The van der Waals surface area contributed by atoms with Gasteiger partial charge in [-0.2, -0.15) is 0 Å². The van der Waals surface area contributed by atoms with Gasteiger partial charge in [0.1, 0.15) is 5.82 Å². The first-order valence-electron chi connectivity index (χ1n) is 7.64. The van der Waals surface area contributed by atoms with Crippen LogP contribution in [0.15, 0.2) is 34.9 Å². The number of rotatable bonds is 4. The van der Waals surface area contributed by atoms with Gasteiger partial charge in [0.25, 0.3) is 0 Å². The highest BCUT2D eigenvalue weighted by molar-refractivity contribution is 9.10. The van der Waals surface area contributed by atoms with Crippen LogP contribution in [0, 0.1) is 11.8 Å². The number of halogens is 1. The molecule has 3 nitrogen and oxygen atoms in total. The van der Waals surface area contributed by atoms with Crippen LogP contribution in [0.1, 0.15) is 25.7 Å². The molecule has 1 saturated carbocycles. The lowest BCUT2D eigenvalue weighted by Crippen LogP contribution is -2.22. The van der Waals surface area contributed by atoms with Gasteiger partial charge in [-0.05, 0) is 61.1 Å². The molecular weight excluding hydrogens is 328 g/mol. The lowest BCUT2D eigenvalue weighted by atomic mass is 9.82.